The van der Waals surface area contributed by atoms with Crippen molar-refractivity contribution in [1.82, 2.24) is 0 Å². The lowest BCUT2D eigenvalue weighted by Crippen LogP contribution is -2.11. The summed E-state index contributed by atoms with van der Waals surface area (Å²) in [5.74, 6) is 0. The molecular formula is C104H64N2OS3. The van der Waals surface area contributed by atoms with Gasteiger partial charge in [0.2, 0.25) is 0 Å². The topological polar surface area (TPSA) is 19.6 Å². The van der Waals surface area contributed by atoms with Crippen LogP contribution in [0.5, 0.6) is 0 Å². The maximum absolute atomic E-state index is 7.03. The fraction of sp³-hybridized carbons (Fsp3) is 0. The van der Waals surface area contributed by atoms with Crippen LogP contribution in [0.25, 0.3) is 182 Å². The van der Waals surface area contributed by atoms with E-state index in [0.717, 1.165) is 106 Å². The van der Waals surface area contributed by atoms with E-state index >= 15 is 0 Å². The van der Waals surface area contributed by atoms with Gasteiger partial charge in [0.1, 0.15) is 11.2 Å². The summed E-state index contributed by atoms with van der Waals surface area (Å²) in [4.78, 5) is 4.90. The van der Waals surface area contributed by atoms with E-state index in [-0.39, 0.29) is 0 Å². The van der Waals surface area contributed by atoms with Gasteiger partial charge in [-0.05, 0) is 216 Å². The van der Waals surface area contributed by atoms with E-state index in [1.54, 1.807) is 0 Å². The van der Waals surface area contributed by atoms with Crippen LogP contribution in [0.1, 0.15) is 0 Å². The minimum absolute atomic E-state index is 0.839. The van der Waals surface area contributed by atoms with Crippen molar-refractivity contribution in [2.45, 2.75) is 0 Å². The summed E-state index contributed by atoms with van der Waals surface area (Å²) in [6.45, 7) is 0. The van der Waals surface area contributed by atoms with Gasteiger partial charge in [-0.1, -0.05) is 261 Å². The Labute approximate surface area is 647 Å². The van der Waals surface area contributed by atoms with E-state index in [9.17, 15) is 0 Å². The average molecular weight is 1450 g/mol. The van der Waals surface area contributed by atoms with Crippen LogP contribution in [-0.4, -0.2) is 0 Å². The number of fused-ring (bicyclic) bond motifs is 14. The summed E-state index contributed by atoms with van der Waals surface area (Å²) < 4.78 is 14.8. The molecule has 22 rings (SSSR count). The number of anilines is 6. The first kappa shape index (κ1) is 63.8. The third-order valence-corrected chi connectivity index (χ3v) is 25.7. The molecule has 0 N–H and O–H groups in total. The Balaban J connectivity index is 0.627. The number of thiophene rings is 3. The van der Waals surface area contributed by atoms with Gasteiger partial charge in [0.25, 0.3) is 0 Å². The summed E-state index contributed by atoms with van der Waals surface area (Å²) in [5.41, 5.74) is 24.3. The molecule has 0 atom stereocenters. The molecule has 0 aliphatic heterocycles. The maximum atomic E-state index is 7.03. The van der Waals surface area contributed by atoms with E-state index in [1.807, 2.05) is 34.0 Å². The summed E-state index contributed by atoms with van der Waals surface area (Å²) >= 11 is 5.59. The van der Waals surface area contributed by atoms with Gasteiger partial charge in [0.15, 0.2) is 0 Å². The van der Waals surface area contributed by atoms with Crippen LogP contribution in [0.4, 0.5) is 34.1 Å². The fourth-order valence-corrected chi connectivity index (χ4v) is 20.6. The zero-order valence-electron chi connectivity index (χ0n) is 59.5. The number of furan rings is 1. The van der Waals surface area contributed by atoms with Crippen molar-refractivity contribution in [1.29, 1.82) is 0 Å². The van der Waals surface area contributed by atoms with E-state index < -0.39 is 0 Å². The second-order valence-corrected chi connectivity index (χ2v) is 31.8. The highest BCUT2D eigenvalue weighted by Gasteiger charge is 2.25. The van der Waals surface area contributed by atoms with Crippen molar-refractivity contribution in [3.8, 4) is 77.9 Å². The van der Waals surface area contributed by atoms with Gasteiger partial charge in [-0.15, -0.1) is 34.0 Å². The van der Waals surface area contributed by atoms with Crippen molar-refractivity contribution in [3.05, 3.63) is 388 Å². The molecule has 0 saturated heterocycles. The molecule has 0 fully saturated rings. The van der Waals surface area contributed by atoms with Crippen LogP contribution in [0, 0.1) is 0 Å². The molecule has 0 unspecified atom stereocenters. The molecule has 110 heavy (non-hydrogen) atoms. The lowest BCUT2D eigenvalue weighted by Gasteiger charge is -2.29. The van der Waals surface area contributed by atoms with E-state index in [2.05, 4.69) is 398 Å². The number of nitrogens with zero attached hydrogens (tertiary/aromatic N) is 2. The number of para-hydroxylation sites is 2. The van der Waals surface area contributed by atoms with Gasteiger partial charge in [-0.3, -0.25) is 0 Å². The number of benzene rings is 18. The molecule has 6 heteroatoms. The third-order valence-electron chi connectivity index (χ3n) is 22.2. The van der Waals surface area contributed by atoms with Crippen molar-refractivity contribution < 1.29 is 4.42 Å². The Hall–Kier alpha value is -13.5. The van der Waals surface area contributed by atoms with Crippen molar-refractivity contribution in [2.24, 2.45) is 0 Å². The van der Waals surface area contributed by atoms with Gasteiger partial charge < -0.3 is 14.2 Å². The Kier molecular flexibility index (Phi) is 15.2. The quantitative estimate of drug-likeness (QED) is 0.115. The second kappa shape index (κ2) is 26.2. The van der Waals surface area contributed by atoms with E-state index in [4.69, 9.17) is 4.42 Å². The summed E-state index contributed by atoms with van der Waals surface area (Å²) in [6.07, 6.45) is 0. The molecule has 22 aromatic rings. The van der Waals surface area contributed by atoms with Gasteiger partial charge in [-0.25, -0.2) is 0 Å². The summed E-state index contributed by atoms with van der Waals surface area (Å²) in [6, 6.07) is 143. The first-order chi connectivity index (χ1) is 54.5. The van der Waals surface area contributed by atoms with Crippen molar-refractivity contribution in [2.75, 3.05) is 9.80 Å². The first-order valence-electron chi connectivity index (χ1n) is 37.4. The molecule has 0 amide bonds. The fourth-order valence-electron chi connectivity index (χ4n) is 17.1. The highest BCUT2D eigenvalue weighted by molar-refractivity contribution is 7.27. The molecule has 0 aliphatic carbocycles. The predicted octanol–water partition coefficient (Wildman–Crippen LogP) is 31.6. The second-order valence-electron chi connectivity index (χ2n) is 28.6. The minimum Gasteiger partial charge on any atom is -0.456 e. The minimum atomic E-state index is 0.839. The normalized spacial score (nSPS) is 11.8. The molecule has 4 aromatic heterocycles. The molecule has 0 aliphatic rings. The molecule has 3 nitrogen and oxygen atoms in total. The number of hydrogen-bond acceptors (Lipinski definition) is 6. The molecule has 0 radical (unpaired) electrons. The predicted molar refractivity (Wildman–Crippen MR) is 475 cm³/mol. The Morgan fingerprint density at radius 3 is 1.45 bits per heavy atom. The lowest BCUT2D eigenvalue weighted by atomic mass is 9.93. The van der Waals surface area contributed by atoms with Crippen LogP contribution < -0.4 is 9.80 Å². The molecule has 18 aromatic carbocycles. The van der Waals surface area contributed by atoms with Gasteiger partial charge >= 0.3 is 0 Å². The van der Waals surface area contributed by atoms with Crippen LogP contribution >= 0.6 is 34.0 Å². The standard InChI is InChI=1S/C104H64N2OS3/c1-2-21-67-58-70(47-46-65(67)20-1)68-22-13-26-77(60-68)105(76-53-48-66(49-54-76)84-36-17-38-89-86-31-5-11-43-98(86)110-104(84)89)94-40-9-4-30-85(94)88-37-18-41-95-102(88)90-56-51-75(64-96(90)107-95)80-34-16-25-72-59-71(50-55-81(72)80)69-23-14-27-78(61-69)106(79-28-15-24-73(62-79)83-35-19-45-101-103(83)91-33-7-12-44-99(91)109-101)93-39-8-3-29-82(93)74-52-57-100-92(63-74)87-32-6-10-42-97(87)108-100/h1-64H. The highest BCUT2D eigenvalue weighted by Crippen LogP contribution is 2.51. The first-order valence-corrected chi connectivity index (χ1v) is 39.9. The number of rotatable bonds is 13. The van der Waals surface area contributed by atoms with Crippen LogP contribution in [0.3, 0.4) is 0 Å². The average Bonchev–Trinajstić information content (AvgIpc) is 1.51. The van der Waals surface area contributed by atoms with Crippen LogP contribution in [0.15, 0.2) is 393 Å². The van der Waals surface area contributed by atoms with Gasteiger partial charge in [0, 0.05) is 105 Å². The molecule has 4 heterocycles. The lowest BCUT2D eigenvalue weighted by molar-refractivity contribution is 0.669. The molecule has 0 saturated carbocycles. The maximum Gasteiger partial charge on any atom is 0.136 e. The molecule has 514 valence electrons. The van der Waals surface area contributed by atoms with Crippen molar-refractivity contribution >= 4 is 172 Å². The summed E-state index contributed by atoms with van der Waals surface area (Å²) in [5, 5.41) is 14.7. The highest BCUT2D eigenvalue weighted by atomic mass is 32.1. The SMILES string of the molecule is c1cc(-c2ccc3c(-c4ccc5c(c4)oc4cccc(-c6ccccc6N(c6ccc(-c7cccc8c7sc7ccccc78)cc6)c6cccc(-c7ccc8ccccc8c7)c6)c45)cccc3c2)cc(N(c2cccc(-c3cccc4sc5ccccc5c34)c2)c2ccccc2-c2ccc3sc4ccccc4c3c2)c1. The van der Waals surface area contributed by atoms with Crippen molar-refractivity contribution in [3.63, 3.8) is 0 Å². The third kappa shape index (κ3) is 10.8. The largest absolute Gasteiger partial charge is 0.456 e. The monoisotopic (exact) mass is 1450 g/mol. The zero-order valence-corrected chi connectivity index (χ0v) is 61.9. The van der Waals surface area contributed by atoms with Gasteiger partial charge in [0.05, 0.1) is 11.4 Å². The van der Waals surface area contributed by atoms with E-state index in [1.165, 1.54) is 110 Å². The van der Waals surface area contributed by atoms with E-state index in [0.29, 0.717) is 0 Å². The van der Waals surface area contributed by atoms with Crippen LogP contribution in [-0.2, 0) is 0 Å². The molecular weight excluding hydrogens is 1390 g/mol. The van der Waals surface area contributed by atoms with Crippen LogP contribution in [0.2, 0.25) is 0 Å². The number of hydrogen-bond donors (Lipinski definition) is 0. The molecule has 0 bridgehead atoms. The van der Waals surface area contributed by atoms with Gasteiger partial charge in [-0.2, -0.15) is 0 Å². The molecule has 0 spiro atoms. The Bertz CT molecular complexity index is 7460. The summed E-state index contributed by atoms with van der Waals surface area (Å²) in [7, 11) is 0. The Morgan fingerprint density at radius 1 is 0.191 bits per heavy atom. The zero-order chi connectivity index (χ0) is 72.3. The Morgan fingerprint density at radius 2 is 0.655 bits per heavy atom. The smallest absolute Gasteiger partial charge is 0.136 e.